The van der Waals surface area contributed by atoms with Crippen molar-refractivity contribution in [2.24, 2.45) is 0 Å². The maximum absolute atomic E-state index is 2.53. The number of allylic oxidation sites excluding steroid dienone is 2. The molecular weight excluding hydrogens is 307 g/mol. The van der Waals surface area contributed by atoms with Crippen molar-refractivity contribution in [3.05, 3.63) is 40.5 Å². The molecule has 0 bridgehead atoms. The SMILES string of the molecule is CC1=CCP(c2c(C(C)(C)C)cc(C(C)(C)C)cc2C(C)(C)C)C1. The maximum Gasteiger partial charge on any atom is -0.00738 e. The number of benzene rings is 1. The van der Waals surface area contributed by atoms with Gasteiger partial charge < -0.3 is 0 Å². The Labute approximate surface area is 151 Å². The summed E-state index contributed by atoms with van der Waals surface area (Å²) in [6.07, 6.45) is 5.03. The minimum absolute atomic E-state index is 0.0906. The molecule has 1 aliphatic heterocycles. The molecule has 0 aromatic heterocycles. The summed E-state index contributed by atoms with van der Waals surface area (Å²) in [5.41, 5.74) is 6.82. The van der Waals surface area contributed by atoms with Gasteiger partial charge in [0.25, 0.3) is 0 Å². The smallest absolute Gasteiger partial charge is 0.00738 e. The van der Waals surface area contributed by atoms with E-state index in [0.717, 1.165) is 0 Å². The molecule has 1 aromatic rings. The van der Waals surface area contributed by atoms with Gasteiger partial charge in [-0.15, -0.1) is 0 Å². The van der Waals surface area contributed by atoms with Gasteiger partial charge in [-0.25, -0.2) is 0 Å². The molecule has 1 heterocycles. The Balaban J connectivity index is 2.79. The van der Waals surface area contributed by atoms with Crippen molar-refractivity contribution in [2.75, 3.05) is 12.3 Å². The van der Waals surface area contributed by atoms with Gasteiger partial charge in [-0.2, -0.15) is 0 Å². The van der Waals surface area contributed by atoms with Crippen molar-refractivity contribution in [3.63, 3.8) is 0 Å². The van der Waals surface area contributed by atoms with E-state index in [4.69, 9.17) is 0 Å². The zero-order chi connectivity index (χ0) is 18.5. The first-order valence-electron chi connectivity index (χ1n) is 9.31. The summed E-state index contributed by atoms with van der Waals surface area (Å²) >= 11 is 0. The number of hydrogen-bond acceptors (Lipinski definition) is 0. The molecule has 1 aromatic carbocycles. The van der Waals surface area contributed by atoms with Crippen LogP contribution >= 0.6 is 7.92 Å². The molecule has 0 fully saturated rings. The topological polar surface area (TPSA) is 0 Å². The first-order chi connectivity index (χ1) is 10.7. The molecule has 0 saturated heterocycles. The molecule has 134 valence electrons. The van der Waals surface area contributed by atoms with Crippen LogP contribution in [0.2, 0.25) is 0 Å². The predicted octanol–water partition coefficient (Wildman–Crippen LogP) is 6.65. The zero-order valence-corrected chi connectivity index (χ0v) is 18.5. The van der Waals surface area contributed by atoms with Crippen molar-refractivity contribution in [3.8, 4) is 0 Å². The summed E-state index contributed by atoms with van der Waals surface area (Å²) in [5.74, 6) is 0. The van der Waals surface area contributed by atoms with Gasteiger partial charge in [-0.1, -0.05) is 94.0 Å². The van der Waals surface area contributed by atoms with E-state index in [0.29, 0.717) is 0 Å². The van der Waals surface area contributed by atoms with Crippen LogP contribution in [0.15, 0.2) is 23.8 Å². The van der Waals surface area contributed by atoms with Crippen molar-refractivity contribution in [2.45, 2.75) is 85.5 Å². The van der Waals surface area contributed by atoms with Gasteiger partial charge in [-0.05, 0) is 57.5 Å². The Hall–Kier alpha value is -0.610. The molecule has 0 N–H and O–H groups in total. The molecule has 0 aliphatic carbocycles. The number of hydrogen-bond donors (Lipinski definition) is 0. The van der Waals surface area contributed by atoms with Gasteiger partial charge in [0, 0.05) is 0 Å². The van der Waals surface area contributed by atoms with Crippen LogP contribution in [0.5, 0.6) is 0 Å². The second kappa shape index (κ2) is 6.28. The summed E-state index contributed by atoms with van der Waals surface area (Å²) in [4.78, 5) is 0. The lowest BCUT2D eigenvalue weighted by Crippen LogP contribution is -2.32. The molecule has 0 spiro atoms. The van der Waals surface area contributed by atoms with E-state index in [1.165, 1.54) is 17.9 Å². The van der Waals surface area contributed by atoms with Crippen LogP contribution in [0.25, 0.3) is 0 Å². The van der Waals surface area contributed by atoms with Crippen LogP contribution in [-0.2, 0) is 16.2 Å². The average molecular weight is 345 g/mol. The quantitative estimate of drug-likeness (QED) is 0.395. The Kier molecular flexibility index (Phi) is 5.16. The van der Waals surface area contributed by atoms with E-state index in [2.05, 4.69) is 87.4 Å². The Bertz CT molecular complexity index is 607. The maximum atomic E-state index is 2.53. The Morgan fingerprint density at radius 2 is 1.21 bits per heavy atom. The summed E-state index contributed by atoms with van der Waals surface area (Å²) in [5, 5.41) is 1.70. The minimum Gasteiger partial charge on any atom is -0.0806 e. The monoisotopic (exact) mass is 344 g/mol. The predicted molar refractivity (Wildman–Crippen MR) is 113 cm³/mol. The molecule has 0 saturated carbocycles. The van der Waals surface area contributed by atoms with Gasteiger partial charge in [0.2, 0.25) is 0 Å². The van der Waals surface area contributed by atoms with E-state index in [9.17, 15) is 0 Å². The first kappa shape index (κ1) is 19.7. The van der Waals surface area contributed by atoms with E-state index < -0.39 is 0 Å². The van der Waals surface area contributed by atoms with Gasteiger partial charge in [-0.3, -0.25) is 0 Å². The van der Waals surface area contributed by atoms with Gasteiger partial charge >= 0.3 is 0 Å². The third-order valence-corrected chi connectivity index (χ3v) is 7.63. The molecule has 0 amide bonds. The lowest BCUT2D eigenvalue weighted by Gasteiger charge is -2.35. The first-order valence-corrected chi connectivity index (χ1v) is 11.0. The summed E-state index contributed by atoms with van der Waals surface area (Å²) in [6, 6.07) is 5.06. The minimum atomic E-state index is -0.0906. The largest absolute Gasteiger partial charge is 0.0806 e. The van der Waals surface area contributed by atoms with Crippen molar-refractivity contribution in [1.29, 1.82) is 0 Å². The molecule has 1 atom stereocenters. The highest BCUT2D eigenvalue weighted by Crippen LogP contribution is 2.48. The summed E-state index contributed by atoms with van der Waals surface area (Å²) < 4.78 is 0. The standard InChI is InChI=1S/C23H37P/c1-16-11-12-24(15-16)20-18(22(5,6)7)13-17(21(2,3)4)14-19(20)23(8,9)10/h11,13-14H,12,15H2,1-10H3. The fourth-order valence-electron chi connectivity index (χ4n) is 3.42. The Morgan fingerprint density at radius 1 is 0.750 bits per heavy atom. The Morgan fingerprint density at radius 3 is 1.50 bits per heavy atom. The third kappa shape index (κ3) is 4.13. The second-order valence-corrected chi connectivity index (χ2v) is 12.8. The molecule has 2 rings (SSSR count). The van der Waals surface area contributed by atoms with E-state index >= 15 is 0 Å². The average Bonchev–Trinajstić information content (AvgIpc) is 2.80. The van der Waals surface area contributed by atoms with Crippen LogP contribution in [0, 0.1) is 0 Å². The van der Waals surface area contributed by atoms with Gasteiger partial charge in [0.15, 0.2) is 0 Å². The fraction of sp³-hybridized carbons (Fsp3) is 0.652. The normalized spacial score (nSPS) is 19.6. The van der Waals surface area contributed by atoms with Gasteiger partial charge in [0.1, 0.15) is 0 Å². The van der Waals surface area contributed by atoms with Crippen molar-refractivity contribution < 1.29 is 0 Å². The molecule has 1 heteroatoms. The van der Waals surface area contributed by atoms with Crippen molar-refractivity contribution >= 4 is 13.2 Å². The van der Waals surface area contributed by atoms with Crippen LogP contribution in [0.4, 0.5) is 0 Å². The lowest BCUT2D eigenvalue weighted by atomic mass is 9.75. The highest BCUT2D eigenvalue weighted by atomic mass is 31.1. The second-order valence-electron chi connectivity index (χ2n) is 10.6. The zero-order valence-electron chi connectivity index (χ0n) is 17.6. The highest BCUT2D eigenvalue weighted by Gasteiger charge is 2.32. The van der Waals surface area contributed by atoms with Crippen LogP contribution < -0.4 is 5.30 Å². The lowest BCUT2D eigenvalue weighted by molar-refractivity contribution is 0.553. The van der Waals surface area contributed by atoms with Crippen molar-refractivity contribution in [1.82, 2.24) is 0 Å². The summed E-state index contributed by atoms with van der Waals surface area (Å²) in [6.45, 7) is 23.6. The molecular formula is C23H37P. The third-order valence-electron chi connectivity index (χ3n) is 5.01. The summed E-state index contributed by atoms with van der Waals surface area (Å²) in [7, 11) is -0.0906. The number of rotatable bonds is 1. The molecule has 0 radical (unpaired) electrons. The molecule has 1 unspecified atom stereocenters. The van der Waals surface area contributed by atoms with Crippen LogP contribution in [-0.4, -0.2) is 12.3 Å². The van der Waals surface area contributed by atoms with Crippen LogP contribution in [0.3, 0.4) is 0 Å². The highest BCUT2D eigenvalue weighted by molar-refractivity contribution is 7.66. The van der Waals surface area contributed by atoms with E-state index in [1.807, 2.05) is 0 Å². The van der Waals surface area contributed by atoms with E-state index in [-0.39, 0.29) is 24.2 Å². The van der Waals surface area contributed by atoms with Gasteiger partial charge in [0.05, 0.1) is 0 Å². The molecule has 0 nitrogen and oxygen atoms in total. The molecule has 1 aliphatic rings. The fourth-order valence-corrected chi connectivity index (χ4v) is 6.63. The van der Waals surface area contributed by atoms with E-state index in [1.54, 1.807) is 22.0 Å². The van der Waals surface area contributed by atoms with Crippen LogP contribution in [0.1, 0.15) is 85.9 Å². The molecule has 24 heavy (non-hydrogen) atoms.